The summed E-state index contributed by atoms with van der Waals surface area (Å²) in [7, 11) is 1.48. The number of hydrogen-bond acceptors (Lipinski definition) is 4. The summed E-state index contributed by atoms with van der Waals surface area (Å²) in [6, 6.07) is -0.534. The van der Waals surface area contributed by atoms with E-state index < -0.39 is 11.0 Å². The Balaban J connectivity index is 4.58. The molecule has 0 fully saturated rings. The minimum Gasteiger partial charge on any atom is -0.465 e. The summed E-state index contributed by atoms with van der Waals surface area (Å²) in [5, 5.41) is 2.85. The molecule has 0 aromatic rings. The van der Waals surface area contributed by atoms with Crippen LogP contribution in [-0.4, -0.2) is 32.1 Å². The van der Waals surface area contributed by atoms with Gasteiger partial charge in [-0.15, -0.1) is 0 Å². The van der Waals surface area contributed by atoms with Gasteiger partial charge in [-0.05, 0) is 19.3 Å². The molecule has 7 heteroatoms. The Labute approximate surface area is 116 Å². The predicted octanol–water partition coefficient (Wildman–Crippen LogP) is 2.79. The second-order valence-corrected chi connectivity index (χ2v) is 10.6. The Hall–Kier alpha value is 0.350. The van der Waals surface area contributed by atoms with E-state index in [-0.39, 0.29) is 12.3 Å². The summed E-state index contributed by atoms with van der Waals surface area (Å²) in [5.41, 5.74) is 0. The minimum absolute atomic E-state index is 0.0988. The summed E-state index contributed by atoms with van der Waals surface area (Å²) in [5.74, 6) is -0.0370. The van der Waals surface area contributed by atoms with Gasteiger partial charge in [0.15, 0.2) is 0 Å². The molecule has 2 unspecified atom stereocenters. The quantitative estimate of drug-likeness (QED) is 0.400. The van der Waals surface area contributed by atoms with Crippen LogP contribution in [0, 0.1) is 5.92 Å². The average molecular weight is 377 g/mol. The number of carbonyl (C=O) groups is 1. The van der Waals surface area contributed by atoms with Crippen molar-refractivity contribution in [2.75, 3.05) is 20.1 Å². The van der Waals surface area contributed by atoms with Crippen LogP contribution in [0.5, 0.6) is 0 Å². The van der Waals surface area contributed by atoms with E-state index in [1.165, 1.54) is 7.11 Å². The molecule has 0 aromatic carbocycles. The molecule has 0 saturated carbocycles. The minimum atomic E-state index is -2.69. The molecule has 0 rings (SSSR count). The second kappa shape index (κ2) is 8.45. The van der Waals surface area contributed by atoms with E-state index in [2.05, 4.69) is 5.09 Å². The highest BCUT2D eigenvalue weighted by Gasteiger charge is 2.28. The highest BCUT2D eigenvalue weighted by molar-refractivity contribution is 14.2. The molecular formula is C10H21INO4P. The van der Waals surface area contributed by atoms with E-state index in [9.17, 15) is 9.36 Å². The van der Waals surface area contributed by atoms with Crippen molar-refractivity contribution in [3.05, 3.63) is 0 Å². The first kappa shape index (κ1) is 17.4. The van der Waals surface area contributed by atoms with Crippen LogP contribution in [0.4, 0.5) is 0 Å². The summed E-state index contributed by atoms with van der Waals surface area (Å²) in [6.07, 6.45) is 0.692. The number of halogens is 1. The first-order valence-electron chi connectivity index (χ1n) is 5.54. The van der Waals surface area contributed by atoms with Gasteiger partial charge in [0.1, 0.15) is 12.4 Å². The molecule has 0 aliphatic carbocycles. The Morgan fingerprint density at radius 1 is 1.47 bits per heavy atom. The van der Waals surface area contributed by atoms with Crippen LogP contribution in [-0.2, 0) is 18.8 Å². The standard InChI is InChI=1S/C10H21INO4P/c1-5-16-10(13)9(6-8(2)3)12-17(11,14)7-15-4/h8-9H,5-7H2,1-4H3,(H,12,14). The van der Waals surface area contributed by atoms with Gasteiger partial charge in [0, 0.05) is 29.2 Å². The molecule has 2 atom stereocenters. The number of methoxy groups -OCH3 is 1. The van der Waals surface area contributed by atoms with Crippen molar-refractivity contribution in [1.29, 1.82) is 0 Å². The molecule has 0 aliphatic rings. The average Bonchev–Trinajstić information content (AvgIpc) is 2.15. The number of hydrogen-bond donors (Lipinski definition) is 1. The van der Waals surface area contributed by atoms with Crippen molar-refractivity contribution in [2.24, 2.45) is 5.92 Å². The van der Waals surface area contributed by atoms with Crippen LogP contribution in [0.25, 0.3) is 0 Å². The van der Waals surface area contributed by atoms with Crippen molar-refractivity contribution in [3.8, 4) is 0 Å². The molecule has 0 radical (unpaired) electrons. The molecule has 17 heavy (non-hydrogen) atoms. The van der Waals surface area contributed by atoms with Crippen LogP contribution in [0.2, 0.25) is 0 Å². The molecule has 102 valence electrons. The molecule has 5 nitrogen and oxygen atoms in total. The number of nitrogens with one attached hydrogen (secondary N) is 1. The fourth-order valence-corrected chi connectivity index (χ4v) is 4.28. The predicted molar refractivity (Wildman–Crippen MR) is 76.5 cm³/mol. The number of rotatable bonds is 8. The third kappa shape index (κ3) is 8.13. The molecule has 0 aromatic heterocycles. The normalized spacial score (nSPS) is 16.6. The molecule has 0 aliphatic heterocycles. The molecule has 0 amide bonds. The SMILES string of the molecule is CCOC(=O)C(CC(C)C)NP(=O)(I)COC. The van der Waals surface area contributed by atoms with Crippen LogP contribution in [0.3, 0.4) is 0 Å². The van der Waals surface area contributed by atoms with Gasteiger partial charge in [0.05, 0.1) is 6.61 Å². The zero-order chi connectivity index (χ0) is 13.5. The fraction of sp³-hybridized carbons (Fsp3) is 0.900. The van der Waals surface area contributed by atoms with E-state index >= 15 is 0 Å². The van der Waals surface area contributed by atoms with Gasteiger partial charge in [0.2, 0.25) is 4.94 Å². The number of carbonyl (C=O) groups excluding carboxylic acids is 1. The summed E-state index contributed by atoms with van der Waals surface area (Å²) in [4.78, 5) is 9.03. The smallest absolute Gasteiger partial charge is 0.323 e. The van der Waals surface area contributed by atoms with Crippen LogP contribution in [0.1, 0.15) is 27.2 Å². The molecule has 1 N–H and O–H groups in total. The monoisotopic (exact) mass is 377 g/mol. The van der Waals surface area contributed by atoms with E-state index in [0.29, 0.717) is 18.9 Å². The van der Waals surface area contributed by atoms with Gasteiger partial charge < -0.3 is 9.47 Å². The lowest BCUT2D eigenvalue weighted by Crippen LogP contribution is -2.37. The zero-order valence-corrected chi connectivity index (χ0v) is 13.8. The molecule has 0 saturated heterocycles. The van der Waals surface area contributed by atoms with Crippen molar-refractivity contribution >= 4 is 32.9 Å². The fourth-order valence-electron chi connectivity index (χ4n) is 1.35. The Morgan fingerprint density at radius 2 is 2.06 bits per heavy atom. The highest BCUT2D eigenvalue weighted by Crippen LogP contribution is 2.50. The Kier molecular flexibility index (Phi) is 8.63. The molecule has 0 heterocycles. The third-order valence-electron chi connectivity index (χ3n) is 1.92. The third-order valence-corrected chi connectivity index (χ3v) is 4.88. The van der Waals surface area contributed by atoms with Crippen LogP contribution >= 0.6 is 27.0 Å². The first-order chi connectivity index (χ1) is 7.82. The summed E-state index contributed by atoms with van der Waals surface area (Å²) < 4.78 is 21.9. The van der Waals surface area contributed by atoms with Gasteiger partial charge in [-0.1, -0.05) is 13.8 Å². The molecule has 0 spiro atoms. The van der Waals surface area contributed by atoms with Gasteiger partial charge in [-0.3, -0.25) is 9.36 Å². The lowest BCUT2D eigenvalue weighted by Gasteiger charge is -2.22. The molecular weight excluding hydrogens is 356 g/mol. The van der Waals surface area contributed by atoms with Gasteiger partial charge in [-0.25, -0.2) is 5.09 Å². The second-order valence-electron chi connectivity index (χ2n) is 4.13. The number of ether oxygens (including phenoxy) is 2. The highest BCUT2D eigenvalue weighted by atomic mass is 127. The maximum atomic E-state index is 12.1. The maximum Gasteiger partial charge on any atom is 0.323 e. The lowest BCUT2D eigenvalue weighted by atomic mass is 10.1. The van der Waals surface area contributed by atoms with Gasteiger partial charge in [0.25, 0.3) is 0 Å². The van der Waals surface area contributed by atoms with E-state index in [1.54, 1.807) is 6.92 Å². The summed E-state index contributed by atoms with van der Waals surface area (Å²) in [6.45, 7) is 6.08. The topological polar surface area (TPSA) is 64.6 Å². The largest absolute Gasteiger partial charge is 0.465 e. The first-order valence-corrected chi connectivity index (χ1v) is 10.2. The van der Waals surface area contributed by atoms with Crippen LogP contribution < -0.4 is 5.09 Å². The van der Waals surface area contributed by atoms with Gasteiger partial charge >= 0.3 is 5.97 Å². The van der Waals surface area contributed by atoms with E-state index in [1.807, 2.05) is 35.9 Å². The van der Waals surface area contributed by atoms with Gasteiger partial charge in [-0.2, -0.15) is 0 Å². The summed E-state index contributed by atoms with van der Waals surface area (Å²) >= 11 is 1.81. The maximum absolute atomic E-state index is 12.1. The molecule has 0 bridgehead atoms. The van der Waals surface area contributed by atoms with Crippen molar-refractivity contribution < 1.29 is 18.8 Å². The van der Waals surface area contributed by atoms with Crippen molar-refractivity contribution in [1.82, 2.24) is 5.09 Å². The zero-order valence-electron chi connectivity index (χ0n) is 10.7. The van der Waals surface area contributed by atoms with Crippen LogP contribution in [0.15, 0.2) is 0 Å². The van der Waals surface area contributed by atoms with Crippen molar-refractivity contribution in [3.63, 3.8) is 0 Å². The Morgan fingerprint density at radius 3 is 2.47 bits per heavy atom. The van der Waals surface area contributed by atoms with E-state index in [0.717, 1.165) is 0 Å². The lowest BCUT2D eigenvalue weighted by molar-refractivity contribution is -0.145. The van der Waals surface area contributed by atoms with Crippen molar-refractivity contribution in [2.45, 2.75) is 33.2 Å². The Bertz CT molecular complexity index is 285. The number of esters is 1. The van der Waals surface area contributed by atoms with E-state index in [4.69, 9.17) is 9.47 Å².